The Labute approximate surface area is 146 Å². The summed E-state index contributed by atoms with van der Waals surface area (Å²) in [5.41, 5.74) is 4.83. The fourth-order valence-corrected chi connectivity index (χ4v) is 3.68. The van der Waals surface area contributed by atoms with Crippen molar-refractivity contribution in [2.24, 2.45) is 0 Å². The van der Waals surface area contributed by atoms with E-state index in [-0.39, 0.29) is 24.7 Å². The van der Waals surface area contributed by atoms with Crippen molar-refractivity contribution < 1.29 is 19.4 Å². The van der Waals surface area contributed by atoms with Gasteiger partial charge in [-0.05, 0) is 22.3 Å². The van der Waals surface area contributed by atoms with Crippen molar-refractivity contribution in [1.82, 2.24) is 4.90 Å². The summed E-state index contributed by atoms with van der Waals surface area (Å²) in [6.45, 7) is 1.51. The molecule has 1 aliphatic heterocycles. The molecule has 0 spiro atoms. The molecule has 2 aromatic rings. The van der Waals surface area contributed by atoms with Crippen molar-refractivity contribution >= 4 is 6.09 Å². The number of ether oxygens (including phenoxy) is 2. The molecule has 25 heavy (non-hydrogen) atoms. The zero-order valence-electron chi connectivity index (χ0n) is 13.9. The Hall–Kier alpha value is -2.37. The minimum absolute atomic E-state index is 0.0611. The molecule has 1 atom stereocenters. The average Bonchev–Trinajstić information content (AvgIpc) is 3.00. The zero-order chi connectivity index (χ0) is 17.2. The number of aliphatic hydroxyl groups excluding tert-OH is 1. The molecule has 1 heterocycles. The summed E-state index contributed by atoms with van der Waals surface area (Å²) >= 11 is 0. The number of carbonyl (C=O) groups excluding carboxylic acids is 1. The number of benzene rings is 2. The van der Waals surface area contributed by atoms with E-state index >= 15 is 0 Å². The molecule has 1 saturated heterocycles. The van der Waals surface area contributed by atoms with Crippen LogP contribution in [0.2, 0.25) is 0 Å². The molecule has 4 rings (SSSR count). The number of aliphatic hydroxyl groups is 1. The van der Waals surface area contributed by atoms with Gasteiger partial charge in [0, 0.05) is 12.5 Å². The summed E-state index contributed by atoms with van der Waals surface area (Å²) in [6.07, 6.45) is -0.669. The lowest BCUT2D eigenvalue weighted by Gasteiger charge is -2.31. The van der Waals surface area contributed by atoms with Crippen LogP contribution in [0.5, 0.6) is 0 Å². The fraction of sp³-hybridized carbons (Fsp3) is 0.350. The summed E-state index contributed by atoms with van der Waals surface area (Å²) in [4.78, 5) is 14.0. The van der Waals surface area contributed by atoms with E-state index in [2.05, 4.69) is 24.3 Å². The molecular formula is C20H21NO4. The van der Waals surface area contributed by atoms with Crippen LogP contribution in [0.15, 0.2) is 48.5 Å². The maximum absolute atomic E-state index is 12.4. The third-order valence-electron chi connectivity index (χ3n) is 4.94. The van der Waals surface area contributed by atoms with Crippen LogP contribution in [-0.4, -0.2) is 55.1 Å². The van der Waals surface area contributed by atoms with Gasteiger partial charge in [-0.15, -0.1) is 0 Å². The molecule has 5 heteroatoms. The lowest BCUT2D eigenvalue weighted by molar-refractivity contribution is -0.0497. The monoisotopic (exact) mass is 339 g/mol. The lowest BCUT2D eigenvalue weighted by Crippen LogP contribution is -2.47. The number of hydrogen-bond donors (Lipinski definition) is 1. The molecule has 0 unspecified atom stereocenters. The normalized spacial score (nSPS) is 19.4. The van der Waals surface area contributed by atoms with Gasteiger partial charge in [-0.1, -0.05) is 48.5 Å². The van der Waals surface area contributed by atoms with Gasteiger partial charge in [0.25, 0.3) is 0 Å². The second kappa shape index (κ2) is 6.86. The van der Waals surface area contributed by atoms with Crippen LogP contribution < -0.4 is 0 Å². The highest BCUT2D eigenvalue weighted by atomic mass is 16.6. The average molecular weight is 339 g/mol. The second-order valence-electron chi connectivity index (χ2n) is 6.43. The van der Waals surface area contributed by atoms with E-state index in [1.54, 1.807) is 4.90 Å². The predicted molar refractivity (Wildman–Crippen MR) is 93.5 cm³/mol. The Morgan fingerprint density at radius 1 is 1.12 bits per heavy atom. The van der Waals surface area contributed by atoms with Gasteiger partial charge >= 0.3 is 6.09 Å². The summed E-state index contributed by atoms with van der Waals surface area (Å²) in [6, 6.07) is 16.5. The predicted octanol–water partition coefficient (Wildman–Crippen LogP) is 2.63. The van der Waals surface area contributed by atoms with Gasteiger partial charge in [0.1, 0.15) is 6.61 Å². The molecule has 5 nitrogen and oxygen atoms in total. The van der Waals surface area contributed by atoms with E-state index in [1.807, 2.05) is 24.3 Å². The molecule has 0 aromatic heterocycles. The van der Waals surface area contributed by atoms with Gasteiger partial charge in [-0.2, -0.15) is 0 Å². The molecule has 1 amide bonds. The van der Waals surface area contributed by atoms with Crippen molar-refractivity contribution in [1.29, 1.82) is 0 Å². The van der Waals surface area contributed by atoms with E-state index in [4.69, 9.17) is 9.47 Å². The van der Waals surface area contributed by atoms with Gasteiger partial charge < -0.3 is 19.5 Å². The number of carbonyl (C=O) groups is 1. The second-order valence-corrected chi connectivity index (χ2v) is 6.43. The van der Waals surface area contributed by atoms with Crippen LogP contribution in [0.25, 0.3) is 11.1 Å². The van der Waals surface area contributed by atoms with E-state index in [1.165, 1.54) is 22.3 Å². The van der Waals surface area contributed by atoms with Gasteiger partial charge in [0.05, 0.1) is 25.9 Å². The van der Waals surface area contributed by atoms with Crippen molar-refractivity contribution in [3.8, 4) is 11.1 Å². The highest BCUT2D eigenvalue weighted by molar-refractivity contribution is 5.79. The molecule has 1 aliphatic carbocycles. The van der Waals surface area contributed by atoms with Crippen molar-refractivity contribution in [3.05, 3.63) is 59.7 Å². The zero-order valence-corrected chi connectivity index (χ0v) is 13.9. The van der Waals surface area contributed by atoms with Gasteiger partial charge in [0.2, 0.25) is 0 Å². The Morgan fingerprint density at radius 2 is 1.76 bits per heavy atom. The Kier molecular flexibility index (Phi) is 4.42. The van der Waals surface area contributed by atoms with Crippen molar-refractivity contribution in [2.45, 2.75) is 12.0 Å². The molecule has 0 radical (unpaired) electrons. The summed E-state index contributed by atoms with van der Waals surface area (Å²) in [5.74, 6) is 0.0611. The maximum Gasteiger partial charge on any atom is 0.409 e. The topological polar surface area (TPSA) is 59.0 Å². The van der Waals surface area contributed by atoms with E-state index in [0.29, 0.717) is 26.3 Å². The first-order valence-corrected chi connectivity index (χ1v) is 8.60. The van der Waals surface area contributed by atoms with Crippen LogP contribution in [0, 0.1) is 0 Å². The van der Waals surface area contributed by atoms with Crippen molar-refractivity contribution in [2.75, 3.05) is 32.9 Å². The molecule has 1 fully saturated rings. The van der Waals surface area contributed by atoms with Gasteiger partial charge in [-0.3, -0.25) is 0 Å². The summed E-state index contributed by atoms with van der Waals surface area (Å²) in [7, 11) is 0. The minimum atomic E-state index is -0.344. The van der Waals surface area contributed by atoms with Crippen LogP contribution in [-0.2, 0) is 9.47 Å². The SMILES string of the molecule is O=C(OCC1c2ccccc2-c2ccccc21)N1CCO[C@@H](CO)C1. The Bertz CT molecular complexity index is 730. The molecule has 0 saturated carbocycles. The highest BCUT2D eigenvalue weighted by Crippen LogP contribution is 2.44. The number of rotatable bonds is 3. The fourth-order valence-electron chi connectivity index (χ4n) is 3.68. The van der Waals surface area contributed by atoms with E-state index in [9.17, 15) is 9.90 Å². The third-order valence-corrected chi connectivity index (χ3v) is 4.94. The lowest BCUT2D eigenvalue weighted by atomic mass is 9.98. The number of amides is 1. The van der Waals surface area contributed by atoms with Gasteiger partial charge in [-0.25, -0.2) is 4.79 Å². The third kappa shape index (κ3) is 3.01. The first-order chi connectivity index (χ1) is 12.3. The summed E-state index contributed by atoms with van der Waals surface area (Å²) in [5, 5.41) is 9.21. The number of fused-ring (bicyclic) bond motifs is 3. The van der Waals surface area contributed by atoms with Crippen LogP contribution in [0.1, 0.15) is 17.0 Å². The highest BCUT2D eigenvalue weighted by Gasteiger charge is 2.30. The minimum Gasteiger partial charge on any atom is -0.448 e. The van der Waals surface area contributed by atoms with Crippen molar-refractivity contribution in [3.63, 3.8) is 0 Å². The number of hydrogen-bond acceptors (Lipinski definition) is 4. The van der Waals surface area contributed by atoms with E-state index in [0.717, 1.165) is 0 Å². The number of nitrogens with zero attached hydrogens (tertiary/aromatic N) is 1. The van der Waals surface area contributed by atoms with Gasteiger partial charge in [0.15, 0.2) is 0 Å². The maximum atomic E-state index is 12.4. The first-order valence-electron chi connectivity index (χ1n) is 8.60. The largest absolute Gasteiger partial charge is 0.448 e. The molecule has 1 N–H and O–H groups in total. The Morgan fingerprint density at radius 3 is 2.40 bits per heavy atom. The number of morpholine rings is 1. The van der Waals surface area contributed by atoms with E-state index < -0.39 is 0 Å². The molecule has 130 valence electrons. The van der Waals surface area contributed by atoms with Crippen LogP contribution in [0.4, 0.5) is 4.79 Å². The smallest absolute Gasteiger partial charge is 0.409 e. The first kappa shape index (κ1) is 16.1. The Balaban J connectivity index is 1.49. The standard InChI is InChI=1S/C20H21NO4/c22-12-14-11-21(9-10-24-14)20(23)25-13-19-17-7-3-1-5-15(17)16-6-2-4-8-18(16)19/h1-8,14,19,22H,9-13H2/t14-/m1/s1. The molecular weight excluding hydrogens is 318 g/mol. The summed E-state index contributed by atoms with van der Waals surface area (Å²) < 4.78 is 11.0. The molecule has 2 aliphatic rings. The quantitative estimate of drug-likeness (QED) is 0.934. The molecule has 2 aromatic carbocycles. The molecule has 0 bridgehead atoms. The van der Waals surface area contributed by atoms with Crippen LogP contribution >= 0.6 is 0 Å². The van der Waals surface area contributed by atoms with Crippen LogP contribution in [0.3, 0.4) is 0 Å².